The van der Waals surface area contributed by atoms with Gasteiger partial charge in [0.2, 0.25) is 0 Å². The first-order valence-corrected chi connectivity index (χ1v) is 6.03. The van der Waals surface area contributed by atoms with Crippen LogP contribution in [0.2, 0.25) is 0 Å². The topological polar surface area (TPSA) is 61.3 Å². The number of nitrogens with zero attached hydrogens (tertiary/aromatic N) is 1. The molecule has 96 valence electrons. The molecule has 4 nitrogen and oxygen atoms in total. The third-order valence-electron chi connectivity index (χ3n) is 3.04. The summed E-state index contributed by atoms with van der Waals surface area (Å²) in [5.74, 6) is 1.35. The Labute approximate surface area is 110 Å². The van der Waals surface area contributed by atoms with Gasteiger partial charge in [-0.1, -0.05) is 24.3 Å². The molecular formula is C15H14N2O2. The van der Waals surface area contributed by atoms with Crippen LogP contribution in [-0.4, -0.2) is 12.1 Å². The van der Waals surface area contributed by atoms with E-state index >= 15 is 0 Å². The minimum atomic E-state index is 0.574. The SMILES string of the molecule is COc1cccc2oc(Cc3ccccc3N)nc12. The zero-order valence-corrected chi connectivity index (χ0v) is 10.6. The van der Waals surface area contributed by atoms with Crippen LogP contribution in [-0.2, 0) is 6.42 Å². The molecule has 3 rings (SSSR count). The number of rotatable bonds is 3. The van der Waals surface area contributed by atoms with Gasteiger partial charge in [-0.2, -0.15) is 0 Å². The summed E-state index contributed by atoms with van der Waals surface area (Å²) in [4.78, 5) is 4.47. The number of oxazole rings is 1. The fraction of sp³-hybridized carbons (Fsp3) is 0.133. The first-order valence-electron chi connectivity index (χ1n) is 6.03. The third-order valence-corrected chi connectivity index (χ3v) is 3.04. The predicted molar refractivity (Wildman–Crippen MR) is 74.2 cm³/mol. The number of anilines is 1. The van der Waals surface area contributed by atoms with Crippen molar-refractivity contribution < 1.29 is 9.15 Å². The number of benzene rings is 2. The lowest BCUT2D eigenvalue weighted by atomic mass is 10.1. The van der Waals surface area contributed by atoms with E-state index < -0.39 is 0 Å². The van der Waals surface area contributed by atoms with Gasteiger partial charge in [0.1, 0.15) is 5.75 Å². The smallest absolute Gasteiger partial charge is 0.200 e. The number of nitrogen functional groups attached to an aromatic ring is 1. The zero-order valence-electron chi connectivity index (χ0n) is 10.6. The number of ether oxygens (including phenoxy) is 1. The van der Waals surface area contributed by atoms with Crippen molar-refractivity contribution in [2.45, 2.75) is 6.42 Å². The van der Waals surface area contributed by atoms with Crippen molar-refractivity contribution in [2.75, 3.05) is 12.8 Å². The molecule has 1 heterocycles. The summed E-state index contributed by atoms with van der Waals surface area (Å²) in [5.41, 5.74) is 9.15. The maximum atomic E-state index is 5.92. The number of fused-ring (bicyclic) bond motifs is 1. The van der Waals surface area contributed by atoms with Gasteiger partial charge in [-0.15, -0.1) is 0 Å². The molecule has 2 aromatic carbocycles. The third kappa shape index (κ3) is 2.12. The highest BCUT2D eigenvalue weighted by atomic mass is 16.5. The Morgan fingerprint density at radius 3 is 2.79 bits per heavy atom. The average Bonchev–Trinajstić information content (AvgIpc) is 2.83. The molecule has 4 heteroatoms. The molecular weight excluding hydrogens is 240 g/mol. The summed E-state index contributed by atoms with van der Waals surface area (Å²) >= 11 is 0. The molecule has 0 atom stereocenters. The molecule has 0 spiro atoms. The Kier molecular flexibility index (Phi) is 2.83. The molecule has 0 bridgehead atoms. The van der Waals surface area contributed by atoms with E-state index in [1.54, 1.807) is 7.11 Å². The summed E-state index contributed by atoms with van der Waals surface area (Å²) in [6.07, 6.45) is 0.574. The van der Waals surface area contributed by atoms with Crippen LogP contribution >= 0.6 is 0 Å². The Balaban J connectivity index is 2.00. The number of para-hydroxylation sites is 2. The van der Waals surface area contributed by atoms with Crippen LogP contribution in [0.3, 0.4) is 0 Å². The lowest BCUT2D eigenvalue weighted by Gasteiger charge is -2.01. The number of nitrogens with two attached hydrogens (primary N) is 1. The monoisotopic (exact) mass is 254 g/mol. The van der Waals surface area contributed by atoms with E-state index in [2.05, 4.69) is 4.98 Å². The highest BCUT2D eigenvalue weighted by Gasteiger charge is 2.11. The van der Waals surface area contributed by atoms with Crippen molar-refractivity contribution in [1.29, 1.82) is 0 Å². The van der Waals surface area contributed by atoms with Crippen molar-refractivity contribution in [2.24, 2.45) is 0 Å². The first kappa shape index (κ1) is 11.6. The van der Waals surface area contributed by atoms with E-state index in [1.165, 1.54) is 0 Å². The van der Waals surface area contributed by atoms with Gasteiger partial charge in [0.15, 0.2) is 17.0 Å². The molecule has 1 aromatic heterocycles. The normalized spacial score (nSPS) is 10.8. The minimum Gasteiger partial charge on any atom is -0.494 e. The van der Waals surface area contributed by atoms with Gasteiger partial charge in [0.05, 0.1) is 13.5 Å². The quantitative estimate of drug-likeness (QED) is 0.730. The molecule has 0 unspecified atom stereocenters. The van der Waals surface area contributed by atoms with Crippen LogP contribution < -0.4 is 10.5 Å². The second-order valence-electron chi connectivity index (χ2n) is 4.29. The van der Waals surface area contributed by atoms with Gasteiger partial charge in [0, 0.05) is 5.69 Å². The Morgan fingerprint density at radius 2 is 2.00 bits per heavy atom. The number of methoxy groups -OCH3 is 1. The highest BCUT2D eigenvalue weighted by Crippen LogP contribution is 2.26. The maximum Gasteiger partial charge on any atom is 0.200 e. The van der Waals surface area contributed by atoms with Crippen molar-refractivity contribution in [1.82, 2.24) is 4.98 Å². The van der Waals surface area contributed by atoms with Gasteiger partial charge in [0.25, 0.3) is 0 Å². The number of hydrogen-bond donors (Lipinski definition) is 1. The molecule has 0 aliphatic heterocycles. The first-order chi connectivity index (χ1) is 9.28. The van der Waals surface area contributed by atoms with Crippen LogP contribution in [0.5, 0.6) is 5.75 Å². The van der Waals surface area contributed by atoms with Crippen LogP contribution in [0.1, 0.15) is 11.5 Å². The van der Waals surface area contributed by atoms with Crippen molar-refractivity contribution in [3.05, 3.63) is 53.9 Å². The lowest BCUT2D eigenvalue weighted by molar-refractivity contribution is 0.419. The summed E-state index contributed by atoms with van der Waals surface area (Å²) in [5, 5.41) is 0. The van der Waals surface area contributed by atoms with Crippen LogP contribution in [0.4, 0.5) is 5.69 Å². The lowest BCUT2D eigenvalue weighted by Crippen LogP contribution is -1.95. The van der Waals surface area contributed by atoms with Crippen molar-refractivity contribution in [3.8, 4) is 5.75 Å². The summed E-state index contributed by atoms with van der Waals surface area (Å²) in [7, 11) is 1.62. The van der Waals surface area contributed by atoms with Crippen LogP contribution in [0.25, 0.3) is 11.1 Å². The molecule has 0 saturated heterocycles. The highest BCUT2D eigenvalue weighted by molar-refractivity contribution is 5.79. The molecule has 2 N–H and O–H groups in total. The molecule has 0 aliphatic carbocycles. The molecule has 3 aromatic rings. The van der Waals surface area contributed by atoms with Crippen LogP contribution in [0, 0.1) is 0 Å². The molecule has 0 amide bonds. The summed E-state index contributed by atoms with van der Waals surface area (Å²) in [6.45, 7) is 0. The van der Waals surface area contributed by atoms with Crippen molar-refractivity contribution >= 4 is 16.8 Å². The van der Waals surface area contributed by atoms with E-state index in [-0.39, 0.29) is 0 Å². The fourth-order valence-electron chi connectivity index (χ4n) is 2.07. The minimum absolute atomic E-state index is 0.574. The molecule has 0 saturated carbocycles. The van der Waals surface area contributed by atoms with Gasteiger partial charge < -0.3 is 14.9 Å². The molecule has 0 radical (unpaired) electrons. The summed E-state index contributed by atoms with van der Waals surface area (Å²) < 4.78 is 11.0. The fourth-order valence-corrected chi connectivity index (χ4v) is 2.07. The van der Waals surface area contributed by atoms with E-state index in [0.717, 1.165) is 22.4 Å². The van der Waals surface area contributed by atoms with E-state index in [1.807, 2.05) is 42.5 Å². The predicted octanol–water partition coefficient (Wildman–Crippen LogP) is 3.01. The largest absolute Gasteiger partial charge is 0.494 e. The molecule has 0 fully saturated rings. The van der Waals surface area contributed by atoms with Gasteiger partial charge in [-0.3, -0.25) is 0 Å². The number of aromatic nitrogens is 1. The Hall–Kier alpha value is -2.49. The van der Waals surface area contributed by atoms with Gasteiger partial charge in [-0.05, 0) is 23.8 Å². The molecule has 19 heavy (non-hydrogen) atoms. The second-order valence-corrected chi connectivity index (χ2v) is 4.29. The number of hydrogen-bond acceptors (Lipinski definition) is 4. The van der Waals surface area contributed by atoms with E-state index in [0.29, 0.717) is 18.1 Å². The van der Waals surface area contributed by atoms with Gasteiger partial charge in [-0.25, -0.2) is 4.98 Å². The van der Waals surface area contributed by atoms with E-state index in [4.69, 9.17) is 14.9 Å². The zero-order chi connectivity index (χ0) is 13.2. The summed E-state index contributed by atoms with van der Waals surface area (Å²) in [6, 6.07) is 13.3. The van der Waals surface area contributed by atoms with Crippen LogP contribution in [0.15, 0.2) is 46.9 Å². The van der Waals surface area contributed by atoms with Crippen molar-refractivity contribution in [3.63, 3.8) is 0 Å². The Bertz CT molecular complexity index is 719. The maximum absolute atomic E-state index is 5.92. The van der Waals surface area contributed by atoms with E-state index in [9.17, 15) is 0 Å². The standard InChI is InChI=1S/C15H14N2O2/c1-18-12-7-4-8-13-15(12)17-14(19-13)9-10-5-2-3-6-11(10)16/h2-8H,9,16H2,1H3. The van der Waals surface area contributed by atoms with Gasteiger partial charge >= 0.3 is 0 Å². The Morgan fingerprint density at radius 1 is 1.16 bits per heavy atom. The molecule has 0 aliphatic rings. The second kappa shape index (κ2) is 4.65. The average molecular weight is 254 g/mol.